The molecule has 0 spiro atoms. The summed E-state index contributed by atoms with van der Waals surface area (Å²) in [5.74, 6) is 2.29. The number of benzene rings is 2. The molecule has 29 heavy (non-hydrogen) atoms. The minimum Gasteiger partial charge on any atom is -0.493 e. The molecule has 2 aromatic carbocycles. The maximum atomic E-state index is 5.37. The largest absolute Gasteiger partial charge is 0.493 e. The number of hydrogen-bond acceptors (Lipinski definition) is 4. The van der Waals surface area contributed by atoms with Crippen molar-refractivity contribution in [3.05, 3.63) is 59.2 Å². The Hall–Kier alpha value is -2.00. The van der Waals surface area contributed by atoms with Crippen LogP contribution in [-0.4, -0.2) is 40.4 Å². The van der Waals surface area contributed by atoms with E-state index in [2.05, 4.69) is 40.7 Å². The highest BCUT2D eigenvalue weighted by Crippen LogP contribution is 2.27. The van der Waals surface area contributed by atoms with Gasteiger partial charge >= 0.3 is 0 Å². The molecule has 2 aromatic rings. The summed E-state index contributed by atoms with van der Waals surface area (Å²) in [4.78, 5) is 4.69. The van der Waals surface area contributed by atoms with E-state index in [1.807, 2.05) is 24.3 Å². The second kappa shape index (κ2) is 14.1. The van der Waals surface area contributed by atoms with E-state index in [4.69, 9.17) is 14.2 Å². The number of rotatable bonds is 10. The lowest BCUT2D eigenvalue weighted by Gasteiger charge is -2.13. The molecule has 6 nitrogen and oxygen atoms in total. The Bertz CT molecular complexity index is 769. The summed E-state index contributed by atoms with van der Waals surface area (Å²) in [7, 11) is 5.00. The van der Waals surface area contributed by atoms with E-state index < -0.39 is 0 Å². The van der Waals surface area contributed by atoms with Gasteiger partial charge in [-0.15, -0.1) is 24.0 Å². The van der Waals surface area contributed by atoms with Crippen molar-refractivity contribution in [2.75, 3.05) is 34.4 Å². The topological polar surface area (TPSA) is 64.1 Å². The highest BCUT2D eigenvalue weighted by atomic mass is 127. The van der Waals surface area contributed by atoms with Crippen molar-refractivity contribution < 1.29 is 14.2 Å². The molecule has 160 valence electrons. The van der Waals surface area contributed by atoms with Gasteiger partial charge in [-0.3, -0.25) is 0 Å². The van der Waals surface area contributed by atoms with Crippen molar-refractivity contribution in [2.24, 2.45) is 4.99 Å². The number of guanidine groups is 1. The van der Waals surface area contributed by atoms with Gasteiger partial charge in [-0.05, 0) is 42.2 Å². The monoisotopic (exact) mass is 513 g/mol. The van der Waals surface area contributed by atoms with Gasteiger partial charge in [0.25, 0.3) is 0 Å². The van der Waals surface area contributed by atoms with E-state index in [1.165, 1.54) is 5.56 Å². The van der Waals surface area contributed by atoms with Crippen LogP contribution in [-0.2, 0) is 24.3 Å². The predicted octanol–water partition coefficient (Wildman–Crippen LogP) is 3.77. The molecule has 2 N–H and O–H groups in total. The van der Waals surface area contributed by atoms with Crippen molar-refractivity contribution in [1.29, 1.82) is 0 Å². The summed E-state index contributed by atoms with van der Waals surface area (Å²) in [5, 5.41) is 6.68. The van der Waals surface area contributed by atoms with Crippen molar-refractivity contribution >= 4 is 29.9 Å². The fourth-order valence-corrected chi connectivity index (χ4v) is 2.86. The van der Waals surface area contributed by atoms with E-state index in [-0.39, 0.29) is 24.0 Å². The quantitative estimate of drug-likeness (QED) is 0.288. The Morgan fingerprint density at radius 3 is 2.34 bits per heavy atom. The highest BCUT2D eigenvalue weighted by molar-refractivity contribution is 14.0. The Morgan fingerprint density at radius 1 is 0.897 bits per heavy atom. The molecule has 0 aromatic heterocycles. The fourth-order valence-electron chi connectivity index (χ4n) is 2.86. The third-order valence-corrected chi connectivity index (χ3v) is 4.22. The van der Waals surface area contributed by atoms with Gasteiger partial charge in [-0.1, -0.05) is 30.3 Å². The van der Waals surface area contributed by atoms with Crippen molar-refractivity contribution in [3.8, 4) is 11.5 Å². The normalized spacial score (nSPS) is 10.8. The molecule has 0 atom stereocenters. The van der Waals surface area contributed by atoms with E-state index in [9.17, 15) is 0 Å². The van der Waals surface area contributed by atoms with Gasteiger partial charge in [0.1, 0.15) is 0 Å². The standard InChI is InChI=1S/C22H31N3O3.HI/c1-5-23-22(25-15-18-7-6-8-19(13-18)16-26-2)24-12-11-17-9-10-20(27-3)21(14-17)28-4;/h6-10,13-14H,5,11-12,15-16H2,1-4H3,(H2,23,24,25);1H. The van der Waals surface area contributed by atoms with Crippen LogP contribution in [0.3, 0.4) is 0 Å². The average Bonchev–Trinajstić information content (AvgIpc) is 2.72. The van der Waals surface area contributed by atoms with Crippen molar-refractivity contribution in [1.82, 2.24) is 10.6 Å². The first kappa shape index (κ1) is 25.0. The lowest BCUT2D eigenvalue weighted by atomic mass is 10.1. The zero-order valence-corrected chi connectivity index (χ0v) is 20.0. The lowest BCUT2D eigenvalue weighted by molar-refractivity contribution is 0.185. The van der Waals surface area contributed by atoms with Crippen LogP contribution in [0.1, 0.15) is 23.6 Å². The maximum Gasteiger partial charge on any atom is 0.191 e. The number of methoxy groups -OCH3 is 3. The zero-order chi connectivity index (χ0) is 20.2. The molecule has 0 amide bonds. The number of aliphatic imine (C=N–C) groups is 1. The maximum absolute atomic E-state index is 5.37. The van der Waals surface area contributed by atoms with Crippen LogP contribution >= 0.6 is 24.0 Å². The van der Waals surface area contributed by atoms with Crippen LogP contribution in [0.25, 0.3) is 0 Å². The Labute approximate surface area is 191 Å². The molecule has 0 saturated heterocycles. The Morgan fingerprint density at radius 2 is 1.66 bits per heavy atom. The first-order valence-electron chi connectivity index (χ1n) is 9.50. The molecule has 2 rings (SSSR count). The minimum atomic E-state index is 0. The fraction of sp³-hybridized carbons (Fsp3) is 0.409. The van der Waals surface area contributed by atoms with Crippen LogP contribution in [0.5, 0.6) is 11.5 Å². The molecule has 0 unspecified atom stereocenters. The van der Waals surface area contributed by atoms with E-state index in [0.29, 0.717) is 13.2 Å². The van der Waals surface area contributed by atoms with Gasteiger partial charge in [0, 0.05) is 20.2 Å². The SMILES string of the molecule is CCNC(=NCc1cccc(COC)c1)NCCc1ccc(OC)c(OC)c1.I. The first-order chi connectivity index (χ1) is 13.7. The van der Waals surface area contributed by atoms with Gasteiger partial charge in [0.05, 0.1) is 27.4 Å². The van der Waals surface area contributed by atoms with Crippen molar-refractivity contribution in [2.45, 2.75) is 26.5 Å². The molecule has 0 bridgehead atoms. The number of hydrogen-bond donors (Lipinski definition) is 2. The summed E-state index contributed by atoms with van der Waals surface area (Å²) < 4.78 is 15.8. The van der Waals surface area contributed by atoms with E-state index in [0.717, 1.165) is 48.1 Å². The van der Waals surface area contributed by atoms with Gasteiger partial charge in [0.2, 0.25) is 0 Å². The second-order valence-electron chi connectivity index (χ2n) is 6.31. The molecule has 7 heteroatoms. The molecule has 0 heterocycles. The van der Waals surface area contributed by atoms with E-state index in [1.54, 1.807) is 21.3 Å². The molecule has 0 aliphatic carbocycles. The van der Waals surface area contributed by atoms with Gasteiger partial charge in [-0.25, -0.2) is 4.99 Å². The number of ether oxygens (including phenoxy) is 3. The van der Waals surface area contributed by atoms with Gasteiger partial charge in [0.15, 0.2) is 17.5 Å². The predicted molar refractivity (Wildman–Crippen MR) is 129 cm³/mol. The summed E-state index contributed by atoms with van der Waals surface area (Å²) in [6.45, 7) is 4.87. The lowest BCUT2D eigenvalue weighted by Crippen LogP contribution is -2.38. The Balaban J connectivity index is 0.00000420. The highest BCUT2D eigenvalue weighted by Gasteiger charge is 2.05. The molecule has 0 aliphatic rings. The molecule has 0 saturated carbocycles. The third-order valence-electron chi connectivity index (χ3n) is 4.22. The number of nitrogens with zero attached hydrogens (tertiary/aromatic N) is 1. The van der Waals surface area contributed by atoms with Crippen molar-refractivity contribution in [3.63, 3.8) is 0 Å². The number of halogens is 1. The molecule has 0 aliphatic heterocycles. The smallest absolute Gasteiger partial charge is 0.191 e. The van der Waals surface area contributed by atoms with Gasteiger partial charge in [-0.2, -0.15) is 0 Å². The number of nitrogens with one attached hydrogen (secondary N) is 2. The minimum absolute atomic E-state index is 0. The Kier molecular flexibility index (Phi) is 12.1. The summed E-state index contributed by atoms with van der Waals surface area (Å²) in [6, 6.07) is 14.3. The molecule has 0 radical (unpaired) electrons. The molecular weight excluding hydrogens is 481 g/mol. The van der Waals surface area contributed by atoms with Crippen LogP contribution in [0.2, 0.25) is 0 Å². The third kappa shape index (κ3) is 8.49. The average molecular weight is 513 g/mol. The summed E-state index contributed by atoms with van der Waals surface area (Å²) in [6.07, 6.45) is 0.855. The first-order valence-corrected chi connectivity index (χ1v) is 9.50. The summed E-state index contributed by atoms with van der Waals surface area (Å²) in [5.41, 5.74) is 3.49. The zero-order valence-electron chi connectivity index (χ0n) is 17.7. The van der Waals surface area contributed by atoms with Crippen LogP contribution in [0.15, 0.2) is 47.5 Å². The second-order valence-corrected chi connectivity index (χ2v) is 6.31. The van der Waals surface area contributed by atoms with Gasteiger partial charge < -0.3 is 24.8 Å². The van der Waals surface area contributed by atoms with Crippen LogP contribution in [0.4, 0.5) is 0 Å². The summed E-state index contributed by atoms with van der Waals surface area (Å²) >= 11 is 0. The molecule has 0 fully saturated rings. The van der Waals surface area contributed by atoms with Crippen LogP contribution < -0.4 is 20.1 Å². The van der Waals surface area contributed by atoms with Crippen LogP contribution in [0, 0.1) is 0 Å². The molecular formula is C22H32IN3O3. The van der Waals surface area contributed by atoms with E-state index >= 15 is 0 Å².